The van der Waals surface area contributed by atoms with Gasteiger partial charge in [0, 0.05) is 26.6 Å². The number of carbonyl (C=O) groups is 2. The third-order valence-electron chi connectivity index (χ3n) is 2.25. The molecule has 0 aromatic carbocycles. The van der Waals surface area contributed by atoms with Crippen molar-refractivity contribution >= 4 is 12.0 Å². The van der Waals surface area contributed by atoms with Gasteiger partial charge in [-0.25, -0.2) is 4.79 Å². The second-order valence-corrected chi connectivity index (χ2v) is 3.77. The normalized spacial score (nSPS) is 9.41. The van der Waals surface area contributed by atoms with Gasteiger partial charge in [0.05, 0.1) is 12.5 Å². The number of nitriles is 1. The van der Waals surface area contributed by atoms with Crippen molar-refractivity contribution in [2.75, 3.05) is 20.1 Å². The largest absolute Gasteiger partial charge is 0.481 e. The summed E-state index contributed by atoms with van der Waals surface area (Å²) < 4.78 is 0. The molecule has 0 spiro atoms. The molecule has 0 saturated carbocycles. The summed E-state index contributed by atoms with van der Waals surface area (Å²) in [4.78, 5) is 23.1. The summed E-state index contributed by atoms with van der Waals surface area (Å²) in [5.41, 5.74) is 0. The van der Waals surface area contributed by atoms with Gasteiger partial charge in [-0.1, -0.05) is 6.42 Å². The van der Waals surface area contributed by atoms with E-state index in [1.54, 1.807) is 7.05 Å². The molecule has 0 heterocycles. The number of aliphatic carboxylic acids is 1. The average molecular weight is 241 g/mol. The summed E-state index contributed by atoms with van der Waals surface area (Å²) >= 11 is 0. The Hall–Kier alpha value is -1.77. The van der Waals surface area contributed by atoms with Gasteiger partial charge in [-0.15, -0.1) is 0 Å². The van der Waals surface area contributed by atoms with Crippen molar-refractivity contribution in [1.29, 1.82) is 5.26 Å². The fraction of sp³-hybridized carbons (Fsp3) is 0.727. The quantitative estimate of drug-likeness (QED) is 0.624. The number of carbonyl (C=O) groups excluding carboxylic acids is 1. The molecule has 0 aliphatic rings. The molecule has 0 aliphatic heterocycles. The second-order valence-electron chi connectivity index (χ2n) is 3.77. The van der Waals surface area contributed by atoms with E-state index in [2.05, 4.69) is 5.32 Å². The van der Waals surface area contributed by atoms with Gasteiger partial charge in [0.1, 0.15) is 0 Å². The van der Waals surface area contributed by atoms with Crippen LogP contribution in [0, 0.1) is 11.3 Å². The van der Waals surface area contributed by atoms with Crippen LogP contribution in [-0.2, 0) is 4.79 Å². The number of carboxylic acid groups (broad SMARTS) is 1. The molecule has 0 aromatic rings. The highest BCUT2D eigenvalue weighted by atomic mass is 16.4. The number of amides is 2. The van der Waals surface area contributed by atoms with Gasteiger partial charge in [0.2, 0.25) is 0 Å². The van der Waals surface area contributed by atoms with E-state index in [4.69, 9.17) is 10.4 Å². The Balaban J connectivity index is 3.45. The molecule has 0 rings (SSSR count). The molecular formula is C11H19N3O3. The zero-order valence-electron chi connectivity index (χ0n) is 10.1. The molecule has 0 atom stereocenters. The first-order chi connectivity index (χ1) is 8.07. The van der Waals surface area contributed by atoms with E-state index in [-0.39, 0.29) is 12.5 Å². The van der Waals surface area contributed by atoms with Gasteiger partial charge in [-0.2, -0.15) is 5.26 Å². The first-order valence-corrected chi connectivity index (χ1v) is 5.65. The van der Waals surface area contributed by atoms with Crippen LogP contribution in [0.3, 0.4) is 0 Å². The van der Waals surface area contributed by atoms with Crippen LogP contribution in [0.25, 0.3) is 0 Å². The standard InChI is InChI=1S/C11H19N3O3/c1-14(9-5-7-12)11(17)13-8-4-2-3-6-10(15)16/h2-6,8-9H2,1H3,(H,13,17)(H,15,16). The van der Waals surface area contributed by atoms with Gasteiger partial charge < -0.3 is 15.3 Å². The Morgan fingerprint density at radius 3 is 2.65 bits per heavy atom. The summed E-state index contributed by atoms with van der Waals surface area (Å²) in [7, 11) is 1.64. The number of hydrogen-bond donors (Lipinski definition) is 2. The van der Waals surface area contributed by atoms with Crippen molar-refractivity contribution in [3.63, 3.8) is 0 Å². The molecule has 0 bridgehead atoms. The lowest BCUT2D eigenvalue weighted by Crippen LogP contribution is -2.38. The Labute approximate surface area is 101 Å². The topological polar surface area (TPSA) is 93.4 Å². The summed E-state index contributed by atoms with van der Waals surface area (Å²) in [5, 5.41) is 19.5. The maximum absolute atomic E-state index is 11.4. The molecule has 2 amide bonds. The fourth-order valence-electron chi connectivity index (χ4n) is 1.23. The Kier molecular flexibility index (Phi) is 8.47. The number of nitrogens with zero attached hydrogens (tertiary/aromatic N) is 2. The highest BCUT2D eigenvalue weighted by Gasteiger charge is 2.06. The molecule has 17 heavy (non-hydrogen) atoms. The Bertz CT molecular complexity index is 286. The number of rotatable bonds is 8. The van der Waals surface area contributed by atoms with Crippen LogP contribution in [0.15, 0.2) is 0 Å². The van der Waals surface area contributed by atoms with E-state index in [9.17, 15) is 9.59 Å². The molecule has 0 fully saturated rings. The SMILES string of the molecule is CN(CCC#N)C(=O)NCCCCCC(=O)O. The first-order valence-electron chi connectivity index (χ1n) is 5.65. The number of nitrogens with one attached hydrogen (secondary N) is 1. The second kappa shape index (κ2) is 9.46. The van der Waals surface area contributed by atoms with Crippen LogP contribution in [0.2, 0.25) is 0 Å². The maximum Gasteiger partial charge on any atom is 0.317 e. The molecule has 2 N–H and O–H groups in total. The van der Waals surface area contributed by atoms with Crippen LogP contribution in [-0.4, -0.2) is 42.1 Å². The van der Waals surface area contributed by atoms with E-state index < -0.39 is 5.97 Å². The predicted octanol–water partition coefficient (Wildman–Crippen LogP) is 1.19. The maximum atomic E-state index is 11.4. The number of urea groups is 1. The monoisotopic (exact) mass is 241 g/mol. The van der Waals surface area contributed by atoms with E-state index in [0.29, 0.717) is 25.9 Å². The Morgan fingerprint density at radius 1 is 1.35 bits per heavy atom. The molecule has 0 aromatic heterocycles. The lowest BCUT2D eigenvalue weighted by Gasteiger charge is -2.16. The van der Waals surface area contributed by atoms with E-state index >= 15 is 0 Å². The summed E-state index contributed by atoms with van der Waals surface area (Å²) in [6, 6.07) is 1.77. The van der Waals surface area contributed by atoms with Gasteiger partial charge in [0.15, 0.2) is 0 Å². The predicted molar refractivity (Wildman–Crippen MR) is 62.4 cm³/mol. The van der Waals surface area contributed by atoms with Crippen molar-refractivity contribution in [3.05, 3.63) is 0 Å². The van der Waals surface area contributed by atoms with Crippen LogP contribution < -0.4 is 5.32 Å². The van der Waals surface area contributed by atoms with Gasteiger partial charge in [-0.3, -0.25) is 4.79 Å². The van der Waals surface area contributed by atoms with Crippen LogP contribution in [0.1, 0.15) is 32.1 Å². The number of unbranched alkanes of at least 4 members (excludes halogenated alkanes) is 2. The van der Waals surface area contributed by atoms with Crippen LogP contribution >= 0.6 is 0 Å². The van der Waals surface area contributed by atoms with Gasteiger partial charge >= 0.3 is 12.0 Å². The van der Waals surface area contributed by atoms with Crippen molar-refractivity contribution < 1.29 is 14.7 Å². The summed E-state index contributed by atoms with van der Waals surface area (Å²) in [5.74, 6) is -0.787. The smallest absolute Gasteiger partial charge is 0.317 e. The minimum Gasteiger partial charge on any atom is -0.481 e. The summed E-state index contributed by atoms with van der Waals surface area (Å²) in [6.07, 6.45) is 2.69. The molecular weight excluding hydrogens is 222 g/mol. The van der Waals surface area contributed by atoms with E-state index in [1.165, 1.54) is 4.90 Å². The van der Waals surface area contributed by atoms with Crippen molar-refractivity contribution in [2.45, 2.75) is 32.1 Å². The highest BCUT2D eigenvalue weighted by molar-refractivity contribution is 5.73. The van der Waals surface area contributed by atoms with Gasteiger partial charge in [-0.05, 0) is 12.8 Å². The lowest BCUT2D eigenvalue weighted by molar-refractivity contribution is -0.137. The van der Waals surface area contributed by atoms with Crippen molar-refractivity contribution in [2.24, 2.45) is 0 Å². The minimum absolute atomic E-state index is 0.177. The zero-order chi connectivity index (χ0) is 13.1. The Morgan fingerprint density at radius 2 is 2.06 bits per heavy atom. The number of carboxylic acids is 1. The van der Waals surface area contributed by atoms with Gasteiger partial charge in [0.25, 0.3) is 0 Å². The summed E-state index contributed by atoms with van der Waals surface area (Å²) in [6.45, 7) is 0.955. The van der Waals surface area contributed by atoms with Crippen LogP contribution in [0.5, 0.6) is 0 Å². The fourth-order valence-corrected chi connectivity index (χ4v) is 1.23. The number of hydrogen-bond acceptors (Lipinski definition) is 3. The lowest BCUT2D eigenvalue weighted by atomic mass is 10.2. The molecule has 6 nitrogen and oxygen atoms in total. The molecule has 96 valence electrons. The average Bonchev–Trinajstić information content (AvgIpc) is 2.29. The van der Waals surface area contributed by atoms with Crippen molar-refractivity contribution in [1.82, 2.24) is 10.2 Å². The third kappa shape index (κ3) is 9.18. The highest BCUT2D eigenvalue weighted by Crippen LogP contribution is 1.98. The van der Waals surface area contributed by atoms with Crippen LogP contribution in [0.4, 0.5) is 4.79 Å². The molecule has 0 saturated heterocycles. The third-order valence-corrected chi connectivity index (χ3v) is 2.25. The molecule has 0 unspecified atom stereocenters. The van der Waals surface area contributed by atoms with E-state index in [1.807, 2.05) is 6.07 Å². The zero-order valence-corrected chi connectivity index (χ0v) is 10.1. The molecule has 0 radical (unpaired) electrons. The first kappa shape index (κ1) is 15.2. The minimum atomic E-state index is -0.787. The van der Waals surface area contributed by atoms with Crippen molar-refractivity contribution in [3.8, 4) is 6.07 Å². The molecule has 6 heteroatoms. The molecule has 0 aliphatic carbocycles. The van der Waals surface area contributed by atoms with E-state index in [0.717, 1.165) is 12.8 Å².